The Morgan fingerprint density at radius 2 is 1.91 bits per heavy atom. The van der Waals surface area contributed by atoms with Crippen LogP contribution in [0, 0.1) is 17.9 Å². The van der Waals surface area contributed by atoms with Crippen molar-refractivity contribution in [2.45, 2.75) is 18.4 Å². The second-order valence-corrected chi connectivity index (χ2v) is 2.24. The first-order valence-electron chi connectivity index (χ1n) is 3.26. The van der Waals surface area contributed by atoms with Crippen LogP contribution >= 0.6 is 0 Å². The van der Waals surface area contributed by atoms with Crippen molar-refractivity contribution < 1.29 is 0 Å². The Balaban J connectivity index is 4.51. The maximum absolute atomic E-state index is 8.68. The molecule has 11 heavy (non-hydrogen) atoms. The Labute approximate surface area is 67.3 Å². The molecule has 0 aromatic rings. The fraction of sp³-hybridized carbons (Fsp3) is 0.333. The predicted molar refractivity (Wildman–Crippen MR) is 44.6 cm³/mol. The van der Waals surface area contributed by atoms with Gasteiger partial charge in [-0.05, 0) is 0 Å². The zero-order chi connectivity index (χ0) is 8.74. The number of nitrogens with zero attached hydrogens (tertiary/aromatic N) is 2. The van der Waals surface area contributed by atoms with Crippen LogP contribution in [-0.2, 0) is 0 Å². The summed E-state index contributed by atoms with van der Waals surface area (Å²) in [7, 11) is 0. The van der Waals surface area contributed by atoms with E-state index in [2.05, 4.69) is 18.0 Å². The maximum Gasteiger partial charge on any atom is 0.322 e. The molecule has 56 valence electrons. The molecule has 0 saturated carbocycles. The molecule has 0 saturated heterocycles. The normalized spacial score (nSPS) is 9.27. The molecular weight excluding hydrogens is 136 g/mol. The second kappa shape index (κ2) is 4.30. The zero-order valence-corrected chi connectivity index (χ0v) is 6.38. The van der Waals surface area contributed by atoms with E-state index >= 15 is 0 Å². The molecule has 0 amide bonds. The van der Waals surface area contributed by atoms with E-state index in [-0.39, 0.29) is 0 Å². The van der Waals surface area contributed by atoms with Gasteiger partial charge in [-0.15, -0.1) is 13.2 Å². The first-order valence-corrected chi connectivity index (χ1v) is 3.26. The highest BCUT2D eigenvalue weighted by molar-refractivity contribution is 5.19. The average Bonchev–Trinajstić information content (AvgIpc) is 2.04. The van der Waals surface area contributed by atoms with E-state index < -0.39 is 5.54 Å². The first-order chi connectivity index (χ1) is 5.24. The van der Waals surface area contributed by atoms with Gasteiger partial charge in [0.2, 0.25) is 0 Å². The number of hydrogen-bond donors (Lipinski definition) is 0. The van der Waals surface area contributed by atoms with Gasteiger partial charge in [-0.25, -0.2) is 6.57 Å². The van der Waals surface area contributed by atoms with Crippen LogP contribution in [-0.4, -0.2) is 5.54 Å². The summed E-state index contributed by atoms with van der Waals surface area (Å²) in [5.74, 6) is 0. The lowest BCUT2D eigenvalue weighted by atomic mass is 9.94. The van der Waals surface area contributed by atoms with Gasteiger partial charge in [0.1, 0.15) is 0 Å². The summed E-state index contributed by atoms with van der Waals surface area (Å²) >= 11 is 0. The van der Waals surface area contributed by atoms with Crippen LogP contribution in [0.1, 0.15) is 12.8 Å². The summed E-state index contributed by atoms with van der Waals surface area (Å²) in [5.41, 5.74) is -0.955. The van der Waals surface area contributed by atoms with Crippen molar-refractivity contribution in [3.8, 4) is 6.07 Å². The SMILES string of the molecule is [C-]#[N+]C(C#N)(CC=C)CC=C. The minimum absolute atomic E-state index is 0.402. The van der Waals surface area contributed by atoms with E-state index in [4.69, 9.17) is 11.8 Å². The monoisotopic (exact) mass is 146 g/mol. The summed E-state index contributed by atoms with van der Waals surface area (Å²) in [6.07, 6.45) is 3.98. The molecule has 0 heterocycles. The fourth-order valence-electron chi connectivity index (χ4n) is 0.768. The standard InChI is InChI=1S/C9H10N2/c1-4-6-9(8-10,11-3)7-5-2/h4-5H,1-2,6-7H2. The van der Waals surface area contributed by atoms with Gasteiger partial charge in [0.15, 0.2) is 6.07 Å². The molecule has 0 rings (SSSR count). The number of nitriles is 1. The minimum Gasteiger partial charge on any atom is -0.293 e. The minimum atomic E-state index is -0.955. The van der Waals surface area contributed by atoms with Crippen molar-refractivity contribution in [2.24, 2.45) is 0 Å². The maximum atomic E-state index is 8.68. The Morgan fingerprint density at radius 1 is 1.45 bits per heavy atom. The molecule has 0 aliphatic carbocycles. The van der Waals surface area contributed by atoms with E-state index in [1.54, 1.807) is 12.2 Å². The van der Waals surface area contributed by atoms with E-state index in [0.29, 0.717) is 12.8 Å². The summed E-state index contributed by atoms with van der Waals surface area (Å²) in [4.78, 5) is 3.26. The van der Waals surface area contributed by atoms with Crippen LogP contribution in [0.25, 0.3) is 4.85 Å². The van der Waals surface area contributed by atoms with Gasteiger partial charge in [0.25, 0.3) is 0 Å². The molecule has 0 spiro atoms. The lowest BCUT2D eigenvalue weighted by molar-refractivity contribution is 0.652. The smallest absolute Gasteiger partial charge is 0.293 e. The average molecular weight is 146 g/mol. The molecule has 0 atom stereocenters. The third kappa shape index (κ3) is 2.27. The molecular formula is C9H10N2. The van der Waals surface area contributed by atoms with Gasteiger partial charge < -0.3 is 0 Å². The lowest BCUT2D eigenvalue weighted by Crippen LogP contribution is -2.19. The van der Waals surface area contributed by atoms with E-state index in [1.165, 1.54) is 0 Å². The van der Waals surface area contributed by atoms with Crippen LogP contribution < -0.4 is 0 Å². The Morgan fingerprint density at radius 3 is 2.09 bits per heavy atom. The first kappa shape index (κ1) is 9.46. The van der Waals surface area contributed by atoms with Gasteiger partial charge in [0.05, 0.1) is 12.8 Å². The highest BCUT2D eigenvalue weighted by atomic mass is 14.8. The molecule has 2 nitrogen and oxygen atoms in total. The van der Waals surface area contributed by atoms with Gasteiger partial charge in [-0.3, -0.25) is 4.85 Å². The molecule has 0 bridgehead atoms. The third-order valence-electron chi connectivity index (χ3n) is 1.39. The topological polar surface area (TPSA) is 28.1 Å². The van der Waals surface area contributed by atoms with Crippen LogP contribution in [0.4, 0.5) is 0 Å². The Kier molecular flexibility index (Phi) is 3.70. The number of rotatable bonds is 4. The molecule has 2 heteroatoms. The molecule has 0 fully saturated rings. The van der Waals surface area contributed by atoms with Gasteiger partial charge >= 0.3 is 5.54 Å². The highest BCUT2D eigenvalue weighted by Crippen LogP contribution is 2.20. The van der Waals surface area contributed by atoms with Gasteiger partial charge in [0, 0.05) is 0 Å². The van der Waals surface area contributed by atoms with Crippen LogP contribution in [0.15, 0.2) is 25.3 Å². The van der Waals surface area contributed by atoms with E-state index in [1.807, 2.05) is 6.07 Å². The Hall–Kier alpha value is -1.54. The summed E-state index contributed by atoms with van der Waals surface area (Å²) in [6.45, 7) is 13.8. The molecule has 0 aliphatic heterocycles. The molecule has 0 aromatic heterocycles. The van der Waals surface area contributed by atoms with Crippen molar-refractivity contribution >= 4 is 0 Å². The van der Waals surface area contributed by atoms with Crippen LogP contribution in [0.5, 0.6) is 0 Å². The lowest BCUT2D eigenvalue weighted by Gasteiger charge is -2.07. The second-order valence-electron chi connectivity index (χ2n) is 2.24. The quantitative estimate of drug-likeness (QED) is 0.442. The molecule has 0 radical (unpaired) electrons. The molecule has 0 aromatic carbocycles. The van der Waals surface area contributed by atoms with Crippen LogP contribution in [0.3, 0.4) is 0 Å². The predicted octanol–water partition coefficient (Wildman–Crippen LogP) is 2.32. The van der Waals surface area contributed by atoms with Crippen molar-refractivity contribution in [3.63, 3.8) is 0 Å². The highest BCUT2D eigenvalue weighted by Gasteiger charge is 2.33. The Bertz CT molecular complexity index is 201. The summed E-state index contributed by atoms with van der Waals surface area (Å²) in [5, 5.41) is 8.68. The zero-order valence-electron chi connectivity index (χ0n) is 6.38. The van der Waals surface area contributed by atoms with Crippen LogP contribution in [0.2, 0.25) is 0 Å². The molecule has 0 aliphatic rings. The third-order valence-corrected chi connectivity index (χ3v) is 1.39. The van der Waals surface area contributed by atoms with Crippen molar-refractivity contribution in [1.29, 1.82) is 5.26 Å². The van der Waals surface area contributed by atoms with Gasteiger partial charge in [-0.1, -0.05) is 12.2 Å². The van der Waals surface area contributed by atoms with E-state index in [0.717, 1.165) is 0 Å². The molecule has 0 unspecified atom stereocenters. The van der Waals surface area contributed by atoms with Crippen molar-refractivity contribution in [1.82, 2.24) is 0 Å². The van der Waals surface area contributed by atoms with Gasteiger partial charge in [-0.2, -0.15) is 5.26 Å². The fourth-order valence-corrected chi connectivity index (χ4v) is 0.768. The van der Waals surface area contributed by atoms with E-state index in [9.17, 15) is 0 Å². The molecule has 0 N–H and O–H groups in total. The van der Waals surface area contributed by atoms with Crippen molar-refractivity contribution in [2.75, 3.05) is 0 Å². The summed E-state index contributed by atoms with van der Waals surface area (Å²) in [6, 6.07) is 1.97. The largest absolute Gasteiger partial charge is 0.322 e. The summed E-state index contributed by atoms with van der Waals surface area (Å²) < 4.78 is 0. The van der Waals surface area contributed by atoms with Crippen molar-refractivity contribution in [3.05, 3.63) is 36.7 Å². The number of hydrogen-bond acceptors (Lipinski definition) is 1.